The highest BCUT2D eigenvalue weighted by Crippen LogP contribution is 2.18. The van der Waals surface area contributed by atoms with Gasteiger partial charge in [0.15, 0.2) is 0 Å². The van der Waals surface area contributed by atoms with Crippen LogP contribution < -0.4 is 5.32 Å². The van der Waals surface area contributed by atoms with Gasteiger partial charge in [-0.25, -0.2) is 0 Å². The van der Waals surface area contributed by atoms with Crippen LogP contribution in [0.15, 0.2) is 84.9 Å². The number of amides is 2. The smallest absolute Gasteiger partial charge is 0.243 e. The monoisotopic (exact) mass is 462 g/mol. The quantitative estimate of drug-likeness (QED) is 0.436. The molecule has 0 aliphatic carbocycles. The molecule has 0 heterocycles. The normalized spacial score (nSPS) is 12.6. The molecule has 0 bridgehead atoms. The van der Waals surface area contributed by atoms with Crippen LogP contribution in [-0.4, -0.2) is 28.8 Å². The Labute approximate surface area is 201 Å². The van der Waals surface area contributed by atoms with Crippen LogP contribution in [0.2, 0.25) is 5.02 Å². The maximum absolute atomic E-state index is 13.6. The number of halogens is 1. The molecule has 5 heteroatoms. The summed E-state index contributed by atoms with van der Waals surface area (Å²) in [5, 5.41) is 3.73. The van der Waals surface area contributed by atoms with Crippen LogP contribution in [-0.2, 0) is 29.0 Å². The van der Waals surface area contributed by atoms with Crippen molar-refractivity contribution in [3.8, 4) is 0 Å². The molecule has 172 valence electrons. The standard InChI is InChI=1S/C28H31ClN2O2/c1-3-21(2)30-28(33)26(18-22-10-6-4-7-11-22)31(20-24-14-16-25(29)17-15-24)27(32)19-23-12-8-5-9-13-23/h4-17,21,26H,3,18-20H2,1-2H3,(H,30,33)/t21-,26+/m1/s1. The average Bonchev–Trinajstić information content (AvgIpc) is 2.83. The molecule has 2 atom stereocenters. The molecule has 1 N–H and O–H groups in total. The first-order chi connectivity index (χ1) is 16.0. The summed E-state index contributed by atoms with van der Waals surface area (Å²) >= 11 is 6.07. The number of nitrogens with one attached hydrogen (secondary N) is 1. The maximum atomic E-state index is 13.6. The van der Waals surface area contributed by atoms with Gasteiger partial charge in [-0.3, -0.25) is 9.59 Å². The topological polar surface area (TPSA) is 49.4 Å². The molecule has 3 aromatic carbocycles. The summed E-state index contributed by atoms with van der Waals surface area (Å²) in [6, 6.07) is 26.3. The lowest BCUT2D eigenvalue weighted by Crippen LogP contribution is -2.52. The van der Waals surface area contributed by atoms with Gasteiger partial charge < -0.3 is 10.2 Å². The van der Waals surface area contributed by atoms with Gasteiger partial charge in [0.1, 0.15) is 6.04 Å². The van der Waals surface area contributed by atoms with Crippen LogP contribution >= 0.6 is 11.6 Å². The Hall–Kier alpha value is -3.11. The maximum Gasteiger partial charge on any atom is 0.243 e. The fraction of sp³-hybridized carbons (Fsp3) is 0.286. The van der Waals surface area contributed by atoms with Crippen molar-refractivity contribution in [2.45, 2.75) is 51.7 Å². The number of rotatable bonds is 10. The van der Waals surface area contributed by atoms with E-state index in [4.69, 9.17) is 11.6 Å². The lowest BCUT2D eigenvalue weighted by atomic mass is 10.0. The first-order valence-electron chi connectivity index (χ1n) is 11.4. The molecule has 4 nitrogen and oxygen atoms in total. The Morgan fingerprint density at radius 1 is 0.848 bits per heavy atom. The second kappa shape index (κ2) is 12.2. The minimum absolute atomic E-state index is 0.0254. The van der Waals surface area contributed by atoms with E-state index in [0.717, 1.165) is 23.1 Å². The Morgan fingerprint density at radius 2 is 1.42 bits per heavy atom. The lowest BCUT2D eigenvalue weighted by Gasteiger charge is -2.32. The number of hydrogen-bond acceptors (Lipinski definition) is 2. The summed E-state index contributed by atoms with van der Waals surface area (Å²) in [6.07, 6.45) is 1.49. The molecule has 0 radical (unpaired) electrons. The molecule has 0 unspecified atom stereocenters. The van der Waals surface area contributed by atoms with Gasteiger partial charge in [0.25, 0.3) is 0 Å². The molecule has 0 saturated heterocycles. The van der Waals surface area contributed by atoms with E-state index in [9.17, 15) is 9.59 Å². The molecular weight excluding hydrogens is 432 g/mol. The zero-order valence-electron chi connectivity index (χ0n) is 19.2. The molecule has 0 aliphatic heterocycles. The van der Waals surface area contributed by atoms with Crippen LogP contribution in [0.4, 0.5) is 0 Å². The zero-order chi connectivity index (χ0) is 23.6. The number of carbonyl (C=O) groups is 2. The van der Waals surface area contributed by atoms with Crippen LogP contribution in [0.25, 0.3) is 0 Å². The molecule has 0 saturated carbocycles. The van der Waals surface area contributed by atoms with E-state index in [0.29, 0.717) is 18.0 Å². The van der Waals surface area contributed by atoms with Crippen molar-refractivity contribution >= 4 is 23.4 Å². The van der Waals surface area contributed by atoms with E-state index < -0.39 is 6.04 Å². The molecule has 3 rings (SSSR count). The van der Waals surface area contributed by atoms with Crippen LogP contribution in [0.3, 0.4) is 0 Å². The van der Waals surface area contributed by atoms with Gasteiger partial charge in [-0.15, -0.1) is 0 Å². The van der Waals surface area contributed by atoms with Gasteiger partial charge >= 0.3 is 0 Å². The number of carbonyl (C=O) groups excluding carboxylic acids is 2. The van der Waals surface area contributed by atoms with Gasteiger partial charge in [-0.05, 0) is 42.2 Å². The van der Waals surface area contributed by atoms with Crippen molar-refractivity contribution in [3.05, 3.63) is 107 Å². The minimum Gasteiger partial charge on any atom is -0.352 e. The lowest BCUT2D eigenvalue weighted by molar-refractivity contribution is -0.141. The second-order valence-electron chi connectivity index (χ2n) is 8.33. The Morgan fingerprint density at radius 3 is 2.00 bits per heavy atom. The van der Waals surface area contributed by atoms with Gasteiger partial charge in [-0.1, -0.05) is 91.3 Å². The Bertz CT molecular complexity index is 1020. The predicted molar refractivity (Wildman–Crippen MR) is 134 cm³/mol. The summed E-state index contributed by atoms with van der Waals surface area (Å²) in [5.41, 5.74) is 2.86. The molecular formula is C28H31ClN2O2. The van der Waals surface area contributed by atoms with Crippen molar-refractivity contribution < 1.29 is 9.59 Å². The third-order valence-corrected chi connectivity index (χ3v) is 5.99. The first kappa shape index (κ1) is 24.5. The fourth-order valence-electron chi connectivity index (χ4n) is 3.65. The van der Waals surface area contributed by atoms with Crippen molar-refractivity contribution in [1.82, 2.24) is 10.2 Å². The predicted octanol–water partition coefficient (Wildman–Crippen LogP) is 5.44. The van der Waals surface area contributed by atoms with Crippen LogP contribution in [0.1, 0.15) is 37.0 Å². The van der Waals surface area contributed by atoms with Crippen LogP contribution in [0, 0.1) is 0 Å². The van der Waals surface area contributed by atoms with Gasteiger partial charge in [0.2, 0.25) is 11.8 Å². The van der Waals surface area contributed by atoms with E-state index in [1.165, 1.54) is 0 Å². The highest BCUT2D eigenvalue weighted by molar-refractivity contribution is 6.30. The molecule has 2 amide bonds. The van der Waals surface area contributed by atoms with E-state index in [1.54, 1.807) is 4.90 Å². The summed E-state index contributed by atoms with van der Waals surface area (Å²) < 4.78 is 0. The largest absolute Gasteiger partial charge is 0.352 e. The van der Waals surface area contributed by atoms with Crippen molar-refractivity contribution in [2.24, 2.45) is 0 Å². The first-order valence-corrected chi connectivity index (χ1v) is 11.8. The zero-order valence-corrected chi connectivity index (χ0v) is 20.0. The fourth-order valence-corrected chi connectivity index (χ4v) is 3.78. The summed E-state index contributed by atoms with van der Waals surface area (Å²) in [5.74, 6) is -0.222. The average molecular weight is 463 g/mol. The van der Waals surface area contributed by atoms with Crippen molar-refractivity contribution in [2.75, 3.05) is 0 Å². The highest BCUT2D eigenvalue weighted by atomic mass is 35.5. The Kier molecular flexibility index (Phi) is 9.08. The number of hydrogen-bond donors (Lipinski definition) is 1. The van der Waals surface area contributed by atoms with Gasteiger partial charge in [0.05, 0.1) is 6.42 Å². The van der Waals surface area contributed by atoms with Crippen LogP contribution in [0.5, 0.6) is 0 Å². The highest BCUT2D eigenvalue weighted by Gasteiger charge is 2.30. The summed E-state index contributed by atoms with van der Waals surface area (Å²) in [7, 11) is 0. The molecule has 0 fully saturated rings. The SMILES string of the molecule is CC[C@@H](C)NC(=O)[C@H](Cc1ccccc1)N(Cc1ccc(Cl)cc1)C(=O)Cc1ccccc1. The van der Waals surface area contributed by atoms with E-state index in [-0.39, 0.29) is 24.3 Å². The third kappa shape index (κ3) is 7.47. The summed E-state index contributed by atoms with van der Waals surface area (Å²) in [6.45, 7) is 4.34. The van der Waals surface area contributed by atoms with Crippen molar-refractivity contribution in [1.29, 1.82) is 0 Å². The minimum atomic E-state index is -0.631. The molecule has 33 heavy (non-hydrogen) atoms. The number of benzene rings is 3. The van der Waals surface area contributed by atoms with E-state index >= 15 is 0 Å². The van der Waals surface area contributed by atoms with E-state index in [1.807, 2.05) is 98.8 Å². The Balaban J connectivity index is 1.95. The van der Waals surface area contributed by atoms with Gasteiger partial charge in [-0.2, -0.15) is 0 Å². The third-order valence-electron chi connectivity index (χ3n) is 5.74. The summed E-state index contributed by atoms with van der Waals surface area (Å²) in [4.78, 5) is 28.7. The second-order valence-corrected chi connectivity index (χ2v) is 8.77. The molecule has 0 aromatic heterocycles. The number of nitrogens with zero attached hydrogens (tertiary/aromatic N) is 1. The molecule has 3 aromatic rings. The van der Waals surface area contributed by atoms with E-state index in [2.05, 4.69) is 5.32 Å². The van der Waals surface area contributed by atoms with Gasteiger partial charge in [0, 0.05) is 24.0 Å². The van der Waals surface area contributed by atoms with Crippen molar-refractivity contribution in [3.63, 3.8) is 0 Å². The molecule has 0 aliphatic rings. The molecule has 0 spiro atoms.